The van der Waals surface area contributed by atoms with Crippen molar-refractivity contribution in [1.82, 2.24) is 0 Å². The lowest BCUT2D eigenvalue weighted by atomic mass is 9.77. The van der Waals surface area contributed by atoms with Gasteiger partial charge in [-0.2, -0.15) is 0 Å². The van der Waals surface area contributed by atoms with Crippen molar-refractivity contribution in [2.24, 2.45) is 11.8 Å². The Balaban J connectivity index is 2.27. The molecule has 0 heterocycles. The van der Waals surface area contributed by atoms with Crippen LogP contribution in [0.3, 0.4) is 0 Å². The normalized spacial score (nSPS) is 22.1. The standard InChI is InChI=1S/C17H26N2O2/c1-11(2)12-7-4-5-10-15(12)19-16-13(17(20)21-3)8-6-9-14(16)18/h6,8-9,11-12,15,19H,4-5,7,10,18H2,1-3H3. The average molecular weight is 290 g/mol. The van der Waals surface area contributed by atoms with Crippen LogP contribution in [0, 0.1) is 11.8 Å². The largest absolute Gasteiger partial charge is 0.465 e. The van der Waals surface area contributed by atoms with Crippen molar-refractivity contribution in [3.63, 3.8) is 0 Å². The van der Waals surface area contributed by atoms with Crippen molar-refractivity contribution < 1.29 is 9.53 Å². The molecule has 0 spiro atoms. The van der Waals surface area contributed by atoms with Gasteiger partial charge in [0.05, 0.1) is 24.0 Å². The Morgan fingerprint density at radius 2 is 2.05 bits per heavy atom. The lowest BCUT2D eigenvalue weighted by Crippen LogP contribution is -2.36. The number of esters is 1. The van der Waals surface area contributed by atoms with Gasteiger partial charge in [0.25, 0.3) is 0 Å². The maximum atomic E-state index is 11.9. The zero-order valence-electron chi connectivity index (χ0n) is 13.2. The molecule has 1 aliphatic rings. The van der Waals surface area contributed by atoms with Crippen molar-refractivity contribution in [2.75, 3.05) is 18.2 Å². The predicted octanol–water partition coefficient (Wildman–Crippen LogP) is 3.68. The highest BCUT2D eigenvalue weighted by Gasteiger charge is 2.29. The molecule has 2 atom stereocenters. The van der Waals surface area contributed by atoms with E-state index in [0.717, 1.165) is 12.1 Å². The van der Waals surface area contributed by atoms with E-state index in [2.05, 4.69) is 19.2 Å². The summed E-state index contributed by atoms with van der Waals surface area (Å²) in [5.74, 6) is 0.889. The van der Waals surface area contributed by atoms with Crippen molar-refractivity contribution in [3.05, 3.63) is 23.8 Å². The van der Waals surface area contributed by atoms with Crippen LogP contribution in [0.2, 0.25) is 0 Å². The molecule has 1 saturated carbocycles. The summed E-state index contributed by atoms with van der Waals surface area (Å²) in [4.78, 5) is 11.9. The summed E-state index contributed by atoms with van der Waals surface area (Å²) in [6.07, 6.45) is 4.86. The van der Waals surface area contributed by atoms with E-state index in [1.54, 1.807) is 12.1 Å². The zero-order chi connectivity index (χ0) is 15.4. The fraction of sp³-hybridized carbons (Fsp3) is 0.588. The van der Waals surface area contributed by atoms with Crippen LogP contribution in [0.1, 0.15) is 49.9 Å². The molecule has 0 amide bonds. The first kappa shape index (κ1) is 15.7. The van der Waals surface area contributed by atoms with Crippen LogP contribution in [0.5, 0.6) is 0 Å². The Morgan fingerprint density at radius 1 is 1.33 bits per heavy atom. The molecule has 0 aromatic heterocycles. The first-order valence-corrected chi connectivity index (χ1v) is 7.78. The maximum Gasteiger partial charge on any atom is 0.340 e. The topological polar surface area (TPSA) is 64.3 Å². The summed E-state index contributed by atoms with van der Waals surface area (Å²) in [6.45, 7) is 4.53. The third-order valence-electron chi connectivity index (χ3n) is 4.51. The van der Waals surface area contributed by atoms with E-state index >= 15 is 0 Å². The third kappa shape index (κ3) is 3.49. The molecule has 21 heavy (non-hydrogen) atoms. The fourth-order valence-electron chi connectivity index (χ4n) is 3.33. The number of carbonyl (C=O) groups is 1. The van der Waals surface area contributed by atoms with Gasteiger partial charge in [-0.1, -0.05) is 32.8 Å². The number of para-hydroxylation sites is 1. The van der Waals surface area contributed by atoms with Gasteiger partial charge in [0, 0.05) is 6.04 Å². The molecule has 2 unspecified atom stereocenters. The summed E-state index contributed by atoms with van der Waals surface area (Å²) < 4.78 is 4.86. The van der Waals surface area contributed by atoms with Crippen molar-refractivity contribution in [3.8, 4) is 0 Å². The molecule has 0 radical (unpaired) electrons. The average Bonchev–Trinajstić information content (AvgIpc) is 2.48. The molecule has 1 fully saturated rings. The Kier molecular flexibility index (Phi) is 5.10. The van der Waals surface area contributed by atoms with Crippen molar-refractivity contribution in [1.29, 1.82) is 0 Å². The fourth-order valence-corrected chi connectivity index (χ4v) is 3.33. The lowest BCUT2D eigenvalue weighted by Gasteiger charge is -2.36. The van der Waals surface area contributed by atoms with E-state index in [1.807, 2.05) is 6.07 Å². The van der Waals surface area contributed by atoms with E-state index in [4.69, 9.17) is 10.5 Å². The van der Waals surface area contributed by atoms with E-state index in [9.17, 15) is 4.79 Å². The Bertz CT molecular complexity index is 500. The summed E-state index contributed by atoms with van der Waals surface area (Å²) in [6, 6.07) is 5.74. The summed E-state index contributed by atoms with van der Waals surface area (Å²) in [7, 11) is 1.40. The molecule has 1 aromatic carbocycles. The van der Waals surface area contributed by atoms with Gasteiger partial charge in [0.1, 0.15) is 0 Å². The molecule has 0 bridgehead atoms. The molecule has 0 aliphatic heterocycles. The minimum absolute atomic E-state index is 0.346. The molecule has 0 saturated heterocycles. The number of benzene rings is 1. The molecule has 3 N–H and O–H groups in total. The number of anilines is 2. The van der Waals surface area contributed by atoms with Crippen molar-refractivity contribution in [2.45, 2.75) is 45.6 Å². The second-order valence-electron chi connectivity index (χ2n) is 6.20. The van der Waals surface area contributed by atoms with Gasteiger partial charge in [-0.25, -0.2) is 4.79 Å². The van der Waals surface area contributed by atoms with Crippen LogP contribution in [0.4, 0.5) is 11.4 Å². The monoisotopic (exact) mass is 290 g/mol. The second-order valence-corrected chi connectivity index (χ2v) is 6.20. The number of hydrogen-bond acceptors (Lipinski definition) is 4. The Morgan fingerprint density at radius 3 is 2.71 bits per heavy atom. The number of hydrogen-bond donors (Lipinski definition) is 2. The predicted molar refractivity (Wildman–Crippen MR) is 86.4 cm³/mol. The van der Waals surface area contributed by atoms with Crippen LogP contribution in [0.25, 0.3) is 0 Å². The quantitative estimate of drug-likeness (QED) is 0.656. The van der Waals surface area contributed by atoms with Gasteiger partial charge in [0.2, 0.25) is 0 Å². The number of methoxy groups -OCH3 is 1. The van der Waals surface area contributed by atoms with E-state index in [0.29, 0.717) is 29.1 Å². The van der Waals surface area contributed by atoms with Crippen LogP contribution >= 0.6 is 0 Å². The van der Waals surface area contributed by atoms with E-state index in [1.165, 1.54) is 26.4 Å². The first-order valence-electron chi connectivity index (χ1n) is 7.78. The number of carbonyl (C=O) groups excluding carboxylic acids is 1. The minimum atomic E-state index is -0.346. The van der Waals surface area contributed by atoms with E-state index in [-0.39, 0.29) is 5.97 Å². The number of nitrogens with one attached hydrogen (secondary N) is 1. The van der Waals surface area contributed by atoms with E-state index < -0.39 is 0 Å². The molecule has 2 rings (SSSR count). The highest BCUT2D eigenvalue weighted by molar-refractivity contribution is 5.98. The van der Waals surface area contributed by atoms with Crippen LogP contribution in [0.15, 0.2) is 18.2 Å². The Labute approximate surface area is 127 Å². The van der Waals surface area contributed by atoms with Gasteiger partial charge >= 0.3 is 5.97 Å². The van der Waals surface area contributed by atoms with Gasteiger partial charge in [-0.3, -0.25) is 0 Å². The van der Waals surface area contributed by atoms with Crippen molar-refractivity contribution >= 4 is 17.3 Å². The van der Waals surface area contributed by atoms with Crippen LogP contribution in [-0.2, 0) is 4.74 Å². The number of ether oxygens (including phenoxy) is 1. The highest BCUT2D eigenvalue weighted by Crippen LogP contribution is 2.34. The second kappa shape index (κ2) is 6.83. The SMILES string of the molecule is COC(=O)c1cccc(N)c1NC1CCCCC1C(C)C. The van der Waals surface area contributed by atoms with Crippen LogP contribution < -0.4 is 11.1 Å². The van der Waals surface area contributed by atoms with Gasteiger partial charge in [-0.15, -0.1) is 0 Å². The number of nitrogens with two attached hydrogens (primary N) is 1. The summed E-state index contributed by atoms with van der Waals surface area (Å²) >= 11 is 0. The molecular weight excluding hydrogens is 264 g/mol. The highest BCUT2D eigenvalue weighted by atomic mass is 16.5. The van der Waals surface area contributed by atoms with Gasteiger partial charge in [0.15, 0.2) is 0 Å². The zero-order valence-corrected chi connectivity index (χ0v) is 13.2. The molecular formula is C17H26N2O2. The van der Waals surface area contributed by atoms with Crippen LogP contribution in [-0.4, -0.2) is 19.1 Å². The number of rotatable bonds is 4. The lowest BCUT2D eigenvalue weighted by molar-refractivity contribution is 0.0601. The molecule has 1 aromatic rings. The first-order chi connectivity index (χ1) is 10.0. The molecule has 1 aliphatic carbocycles. The summed E-state index contributed by atoms with van der Waals surface area (Å²) in [5, 5.41) is 3.54. The van der Waals surface area contributed by atoms with Gasteiger partial charge < -0.3 is 15.8 Å². The molecule has 4 heteroatoms. The Hall–Kier alpha value is -1.71. The number of nitrogen functional groups attached to an aromatic ring is 1. The molecule has 4 nitrogen and oxygen atoms in total. The summed E-state index contributed by atoms with van der Waals surface area (Å²) in [5.41, 5.74) is 7.93. The molecule has 116 valence electrons. The minimum Gasteiger partial charge on any atom is -0.465 e. The smallest absolute Gasteiger partial charge is 0.340 e. The maximum absolute atomic E-state index is 11.9. The third-order valence-corrected chi connectivity index (χ3v) is 4.51. The van der Waals surface area contributed by atoms with Gasteiger partial charge in [-0.05, 0) is 36.8 Å².